The van der Waals surface area contributed by atoms with Crippen molar-refractivity contribution < 1.29 is 14.7 Å². The van der Waals surface area contributed by atoms with Crippen LogP contribution in [0.1, 0.15) is 39.0 Å². The summed E-state index contributed by atoms with van der Waals surface area (Å²) in [6.07, 6.45) is 1.33. The standard InChI is InChI=1S/C22H23NO3/c1-5-10-23-18-9-7-6-8-17(18)22(26,21(23)25)13-19(24)20-15(3)11-14(2)12-16(20)4/h5-9,11-12,26H,1,10,13H2,2-4H3/t22-/m0/s1. The van der Waals surface area contributed by atoms with E-state index in [2.05, 4.69) is 6.58 Å². The Kier molecular flexibility index (Phi) is 4.55. The number of rotatable bonds is 5. The fourth-order valence-electron chi connectivity index (χ4n) is 3.93. The van der Waals surface area contributed by atoms with Gasteiger partial charge in [-0.05, 0) is 38.0 Å². The highest BCUT2D eigenvalue weighted by Gasteiger charge is 2.50. The van der Waals surface area contributed by atoms with Crippen LogP contribution in [0.2, 0.25) is 0 Å². The molecule has 1 aliphatic heterocycles. The Bertz CT molecular complexity index is 892. The van der Waals surface area contributed by atoms with Gasteiger partial charge in [0.1, 0.15) is 0 Å². The Morgan fingerprint density at radius 1 is 1.19 bits per heavy atom. The number of hydrogen-bond donors (Lipinski definition) is 1. The van der Waals surface area contributed by atoms with Gasteiger partial charge in [-0.15, -0.1) is 6.58 Å². The van der Waals surface area contributed by atoms with Gasteiger partial charge in [0.2, 0.25) is 0 Å². The Balaban J connectivity index is 2.03. The summed E-state index contributed by atoms with van der Waals surface area (Å²) in [5.74, 6) is -0.708. The van der Waals surface area contributed by atoms with Gasteiger partial charge in [0, 0.05) is 17.7 Å². The zero-order valence-electron chi connectivity index (χ0n) is 15.4. The van der Waals surface area contributed by atoms with Gasteiger partial charge in [0.25, 0.3) is 5.91 Å². The zero-order valence-corrected chi connectivity index (χ0v) is 15.4. The summed E-state index contributed by atoms with van der Waals surface area (Å²) in [7, 11) is 0. The summed E-state index contributed by atoms with van der Waals surface area (Å²) >= 11 is 0. The second kappa shape index (κ2) is 6.54. The molecule has 1 amide bonds. The summed E-state index contributed by atoms with van der Waals surface area (Å²) in [6, 6.07) is 10.9. The lowest BCUT2D eigenvalue weighted by Crippen LogP contribution is -2.42. The molecule has 0 radical (unpaired) electrons. The summed E-state index contributed by atoms with van der Waals surface area (Å²) in [5, 5.41) is 11.2. The van der Waals surface area contributed by atoms with Gasteiger partial charge in [-0.1, -0.05) is 42.0 Å². The third kappa shape index (κ3) is 2.76. The van der Waals surface area contributed by atoms with Gasteiger partial charge in [0.15, 0.2) is 11.4 Å². The number of para-hydroxylation sites is 1. The molecule has 0 spiro atoms. The Morgan fingerprint density at radius 3 is 2.42 bits per heavy atom. The number of hydrogen-bond acceptors (Lipinski definition) is 3. The molecule has 0 saturated heterocycles. The van der Waals surface area contributed by atoms with Crippen molar-refractivity contribution in [3.63, 3.8) is 0 Å². The largest absolute Gasteiger partial charge is 0.375 e. The monoisotopic (exact) mass is 349 g/mol. The molecule has 2 aromatic carbocycles. The van der Waals surface area contributed by atoms with Gasteiger partial charge >= 0.3 is 0 Å². The number of fused-ring (bicyclic) bond motifs is 1. The predicted molar refractivity (Wildman–Crippen MR) is 102 cm³/mol. The Hall–Kier alpha value is -2.72. The zero-order chi connectivity index (χ0) is 19.1. The van der Waals surface area contributed by atoms with Crippen LogP contribution in [0.4, 0.5) is 5.69 Å². The molecule has 0 bridgehead atoms. The molecule has 3 rings (SSSR count). The smallest absolute Gasteiger partial charge is 0.264 e. The molecule has 1 N–H and O–H groups in total. The van der Waals surface area contributed by atoms with Crippen molar-refractivity contribution in [2.75, 3.05) is 11.4 Å². The van der Waals surface area contributed by atoms with E-state index in [9.17, 15) is 14.7 Å². The lowest BCUT2D eigenvalue weighted by atomic mass is 9.85. The predicted octanol–water partition coefficient (Wildman–Crippen LogP) is 3.61. The SMILES string of the molecule is C=CCN1C(=O)[C@](O)(CC(=O)c2c(C)cc(C)cc2C)c2ccccc21. The molecule has 1 aliphatic rings. The summed E-state index contributed by atoms with van der Waals surface area (Å²) < 4.78 is 0. The van der Waals surface area contributed by atoms with Crippen LogP contribution in [0.25, 0.3) is 0 Å². The van der Waals surface area contributed by atoms with Crippen molar-refractivity contribution in [1.82, 2.24) is 0 Å². The third-order valence-corrected chi connectivity index (χ3v) is 4.92. The minimum absolute atomic E-state index is 0.230. The first-order valence-corrected chi connectivity index (χ1v) is 8.65. The molecule has 2 aromatic rings. The van der Waals surface area contributed by atoms with Crippen molar-refractivity contribution in [3.05, 3.63) is 76.9 Å². The van der Waals surface area contributed by atoms with E-state index in [4.69, 9.17) is 0 Å². The van der Waals surface area contributed by atoms with Crippen molar-refractivity contribution in [3.8, 4) is 0 Å². The second-order valence-corrected chi connectivity index (χ2v) is 6.96. The van der Waals surface area contributed by atoms with Crippen LogP contribution < -0.4 is 4.90 Å². The average molecular weight is 349 g/mol. The number of anilines is 1. The van der Waals surface area contributed by atoms with Crippen molar-refractivity contribution in [1.29, 1.82) is 0 Å². The van der Waals surface area contributed by atoms with Crippen LogP contribution in [0.3, 0.4) is 0 Å². The second-order valence-electron chi connectivity index (χ2n) is 6.96. The van der Waals surface area contributed by atoms with E-state index in [1.807, 2.05) is 39.0 Å². The Morgan fingerprint density at radius 2 is 1.81 bits per heavy atom. The van der Waals surface area contributed by atoms with E-state index in [1.54, 1.807) is 24.3 Å². The molecule has 0 fully saturated rings. The number of carbonyl (C=O) groups excluding carboxylic acids is 2. The highest BCUT2D eigenvalue weighted by Crippen LogP contribution is 2.43. The topological polar surface area (TPSA) is 57.6 Å². The normalized spacial score (nSPS) is 18.8. The lowest BCUT2D eigenvalue weighted by Gasteiger charge is -2.23. The molecule has 1 heterocycles. The van der Waals surface area contributed by atoms with E-state index in [-0.39, 0.29) is 18.7 Å². The first kappa shape index (κ1) is 18.1. The molecule has 0 unspecified atom stereocenters. The molecule has 1 atom stereocenters. The number of benzene rings is 2. The number of carbonyl (C=O) groups is 2. The summed E-state index contributed by atoms with van der Waals surface area (Å²) in [6.45, 7) is 9.70. The number of amides is 1. The number of aliphatic hydroxyl groups is 1. The molecule has 4 nitrogen and oxygen atoms in total. The van der Waals surface area contributed by atoms with Gasteiger partial charge in [-0.25, -0.2) is 0 Å². The molecule has 0 saturated carbocycles. The molecule has 0 aromatic heterocycles. The summed E-state index contributed by atoms with van der Waals surface area (Å²) in [4.78, 5) is 27.4. The minimum atomic E-state index is -1.85. The van der Waals surface area contributed by atoms with E-state index < -0.39 is 11.5 Å². The maximum atomic E-state index is 13.0. The van der Waals surface area contributed by atoms with Crippen molar-refractivity contribution >= 4 is 17.4 Å². The molecule has 26 heavy (non-hydrogen) atoms. The van der Waals surface area contributed by atoms with Crippen LogP contribution in [0.5, 0.6) is 0 Å². The average Bonchev–Trinajstić information content (AvgIpc) is 2.77. The van der Waals surface area contributed by atoms with Crippen molar-refractivity contribution in [2.45, 2.75) is 32.8 Å². The van der Waals surface area contributed by atoms with Gasteiger partial charge in [-0.2, -0.15) is 0 Å². The van der Waals surface area contributed by atoms with Gasteiger partial charge < -0.3 is 10.0 Å². The molecule has 0 aliphatic carbocycles. The quantitative estimate of drug-likeness (QED) is 0.663. The van der Waals surface area contributed by atoms with E-state index in [0.29, 0.717) is 16.8 Å². The number of ketones is 1. The maximum Gasteiger partial charge on any atom is 0.264 e. The number of Topliss-reactive ketones (excluding diaryl/α,β-unsaturated/α-hetero) is 1. The molecule has 134 valence electrons. The number of aryl methyl sites for hydroxylation is 3. The summed E-state index contributed by atoms with van der Waals surface area (Å²) in [5.41, 5.74) is 2.63. The fraction of sp³-hybridized carbons (Fsp3) is 0.273. The molecule has 4 heteroatoms. The highest BCUT2D eigenvalue weighted by atomic mass is 16.3. The molecular formula is C22H23NO3. The van der Waals surface area contributed by atoms with E-state index in [1.165, 1.54) is 4.90 Å². The molecular weight excluding hydrogens is 326 g/mol. The van der Waals surface area contributed by atoms with Crippen LogP contribution in [-0.2, 0) is 10.4 Å². The third-order valence-electron chi connectivity index (χ3n) is 4.92. The minimum Gasteiger partial charge on any atom is -0.375 e. The van der Waals surface area contributed by atoms with Crippen LogP contribution in [-0.4, -0.2) is 23.3 Å². The maximum absolute atomic E-state index is 13.0. The van der Waals surface area contributed by atoms with E-state index in [0.717, 1.165) is 16.7 Å². The van der Waals surface area contributed by atoms with Crippen molar-refractivity contribution in [2.24, 2.45) is 0 Å². The van der Waals surface area contributed by atoms with Crippen LogP contribution in [0, 0.1) is 20.8 Å². The number of nitrogens with zero attached hydrogens (tertiary/aromatic N) is 1. The fourth-order valence-corrected chi connectivity index (χ4v) is 3.93. The Labute approximate surface area is 153 Å². The highest BCUT2D eigenvalue weighted by molar-refractivity contribution is 6.11. The lowest BCUT2D eigenvalue weighted by molar-refractivity contribution is -0.135. The van der Waals surface area contributed by atoms with E-state index >= 15 is 0 Å². The first-order chi connectivity index (χ1) is 12.3. The first-order valence-electron chi connectivity index (χ1n) is 8.65. The van der Waals surface area contributed by atoms with Gasteiger partial charge in [-0.3, -0.25) is 9.59 Å². The van der Waals surface area contributed by atoms with Gasteiger partial charge in [0.05, 0.1) is 12.1 Å². The van der Waals surface area contributed by atoms with Crippen LogP contribution >= 0.6 is 0 Å². The van der Waals surface area contributed by atoms with Crippen LogP contribution in [0.15, 0.2) is 49.1 Å².